The number of esters is 1. The number of amides is 1. The summed E-state index contributed by atoms with van der Waals surface area (Å²) in [6, 6.07) is 6.46. The van der Waals surface area contributed by atoms with Gasteiger partial charge in [-0.15, -0.1) is 0 Å². The van der Waals surface area contributed by atoms with Crippen molar-refractivity contribution in [2.75, 3.05) is 6.61 Å². The number of carbonyl (C=O) groups excluding carboxylic acids is 2. The molecule has 114 valence electrons. The molecule has 0 fully saturated rings. The molecule has 0 aromatic heterocycles. The van der Waals surface area contributed by atoms with E-state index in [0.29, 0.717) is 29.3 Å². The molecular formula is C15H19ClN2O3. The summed E-state index contributed by atoms with van der Waals surface area (Å²) in [5, 5.41) is 4.54. The molecule has 1 N–H and O–H groups in total. The zero-order valence-corrected chi connectivity index (χ0v) is 13.1. The topological polar surface area (TPSA) is 67.8 Å². The Bertz CT molecular complexity index is 526. The first kappa shape index (κ1) is 17.2. The Labute approximate surface area is 129 Å². The zero-order chi connectivity index (χ0) is 15.8. The highest BCUT2D eigenvalue weighted by Gasteiger charge is 2.21. The van der Waals surface area contributed by atoms with E-state index in [-0.39, 0.29) is 11.9 Å². The molecule has 0 saturated carbocycles. The number of rotatable bonds is 6. The van der Waals surface area contributed by atoms with Crippen LogP contribution in [0.2, 0.25) is 5.02 Å². The average molecular weight is 311 g/mol. The van der Waals surface area contributed by atoms with Gasteiger partial charge in [-0.2, -0.15) is 5.10 Å². The third kappa shape index (κ3) is 5.19. The van der Waals surface area contributed by atoms with Crippen molar-refractivity contribution in [3.8, 4) is 0 Å². The van der Waals surface area contributed by atoms with Gasteiger partial charge in [-0.3, -0.25) is 9.59 Å². The molecule has 0 aliphatic heterocycles. The molecule has 0 heterocycles. The van der Waals surface area contributed by atoms with Crippen LogP contribution in [0.25, 0.3) is 0 Å². The Kier molecular flexibility index (Phi) is 6.88. The number of ether oxygens (including phenoxy) is 1. The van der Waals surface area contributed by atoms with Gasteiger partial charge < -0.3 is 4.74 Å². The van der Waals surface area contributed by atoms with Gasteiger partial charge in [-0.05, 0) is 44.5 Å². The van der Waals surface area contributed by atoms with E-state index >= 15 is 0 Å². The number of nitrogens with zero attached hydrogens (tertiary/aromatic N) is 1. The molecule has 0 aliphatic carbocycles. The number of hydrogen-bond donors (Lipinski definition) is 1. The van der Waals surface area contributed by atoms with E-state index in [1.165, 1.54) is 0 Å². The van der Waals surface area contributed by atoms with Crippen molar-refractivity contribution in [2.45, 2.75) is 27.2 Å². The number of carbonyl (C=O) groups is 2. The number of nitrogens with one attached hydrogen (secondary N) is 1. The molecule has 0 saturated heterocycles. The highest BCUT2D eigenvalue weighted by Crippen LogP contribution is 2.10. The van der Waals surface area contributed by atoms with Crippen LogP contribution in [0.5, 0.6) is 0 Å². The fourth-order valence-electron chi connectivity index (χ4n) is 1.76. The SMILES string of the molecule is CCOC(=O)[C@@H](CC)/C(C)=N/NC(=O)c1ccc(Cl)cc1. The molecule has 21 heavy (non-hydrogen) atoms. The van der Waals surface area contributed by atoms with Crippen molar-refractivity contribution in [1.82, 2.24) is 5.43 Å². The van der Waals surface area contributed by atoms with E-state index in [1.807, 2.05) is 6.92 Å². The molecule has 0 aliphatic rings. The molecule has 1 aromatic carbocycles. The van der Waals surface area contributed by atoms with Gasteiger partial charge in [0.15, 0.2) is 0 Å². The molecule has 1 rings (SSSR count). The van der Waals surface area contributed by atoms with Crippen molar-refractivity contribution in [1.29, 1.82) is 0 Å². The van der Waals surface area contributed by atoms with Gasteiger partial charge in [-0.1, -0.05) is 18.5 Å². The predicted octanol–water partition coefficient (Wildman–Crippen LogP) is 3.04. The van der Waals surface area contributed by atoms with Gasteiger partial charge in [0.1, 0.15) is 0 Å². The third-order valence-corrected chi connectivity index (χ3v) is 3.18. The minimum atomic E-state index is -0.449. The Balaban J connectivity index is 2.71. The summed E-state index contributed by atoms with van der Waals surface area (Å²) >= 11 is 5.76. The number of halogens is 1. The van der Waals surface area contributed by atoms with Crippen LogP contribution in [0.1, 0.15) is 37.6 Å². The van der Waals surface area contributed by atoms with Gasteiger partial charge in [0.2, 0.25) is 0 Å². The number of hydrazone groups is 1. The zero-order valence-electron chi connectivity index (χ0n) is 12.4. The van der Waals surface area contributed by atoms with Crippen LogP contribution in [0.4, 0.5) is 0 Å². The Morgan fingerprint density at radius 1 is 1.29 bits per heavy atom. The Hall–Kier alpha value is -1.88. The second kappa shape index (κ2) is 8.42. The summed E-state index contributed by atoms with van der Waals surface area (Å²) in [5.74, 6) is -1.14. The van der Waals surface area contributed by atoms with Crippen LogP contribution < -0.4 is 5.43 Å². The largest absolute Gasteiger partial charge is 0.465 e. The van der Waals surface area contributed by atoms with E-state index in [9.17, 15) is 9.59 Å². The van der Waals surface area contributed by atoms with Crippen molar-refractivity contribution in [3.05, 3.63) is 34.9 Å². The van der Waals surface area contributed by atoms with E-state index in [1.54, 1.807) is 38.1 Å². The Morgan fingerprint density at radius 2 is 1.90 bits per heavy atom. The maximum atomic E-state index is 11.9. The summed E-state index contributed by atoms with van der Waals surface area (Å²) in [6.45, 7) is 5.62. The summed E-state index contributed by atoms with van der Waals surface area (Å²) < 4.78 is 4.97. The van der Waals surface area contributed by atoms with Crippen LogP contribution >= 0.6 is 11.6 Å². The highest BCUT2D eigenvalue weighted by molar-refractivity contribution is 6.30. The van der Waals surface area contributed by atoms with E-state index in [0.717, 1.165) is 0 Å². The maximum absolute atomic E-state index is 11.9. The van der Waals surface area contributed by atoms with E-state index < -0.39 is 5.92 Å². The summed E-state index contributed by atoms with van der Waals surface area (Å²) in [5.41, 5.74) is 3.38. The van der Waals surface area contributed by atoms with Crippen LogP contribution in [0, 0.1) is 5.92 Å². The lowest BCUT2D eigenvalue weighted by molar-refractivity contribution is -0.145. The van der Waals surface area contributed by atoms with Gasteiger partial charge >= 0.3 is 5.97 Å². The maximum Gasteiger partial charge on any atom is 0.314 e. The van der Waals surface area contributed by atoms with Crippen molar-refractivity contribution in [2.24, 2.45) is 11.0 Å². The average Bonchev–Trinajstić information content (AvgIpc) is 2.46. The first-order chi connectivity index (χ1) is 9.99. The molecular weight excluding hydrogens is 292 g/mol. The van der Waals surface area contributed by atoms with Crippen molar-refractivity contribution < 1.29 is 14.3 Å². The van der Waals surface area contributed by atoms with Crippen LogP contribution in [-0.2, 0) is 9.53 Å². The molecule has 0 unspecified atom stereocenters. The molecule has 0 spiro atoms. The minimum absolute atomic E-state index is 0.319. The van der Waals surface area contributed by atoms with Gasteiger partial charge in [-0.25, -0.2) is 5.43 Å². The van der Waals surface area contributed by atoms with Crippen LogP contribution in [-0.4, -0.2) is 24.2 Å². The molecule has 1 atom stereocenters. The first-order valence-corrected chi connectivity index (χ1v) is 7.14. The summed E-state index contributed by atoms with van der Waals surface area (Å²) in [7, 11) is 0. The molecule has 1 aromatic rings. The monoisotopic (exact) mass is 310 g/mol. The summed E-state index contributed by atoms with van der Waals surface area (Å²) in [4.78, 5) is 23.6. The smallest absolute Gasteiger partial charge is 0.314 e. The van der Waals surface area contributed by atoms with Crippen molar-refractivity contribution in [3.63, 3.8) is 0 Å². The first-order valence-electron chi connectivity index (χ1n) is 6.76. The molecule has 0 bridgehead atoms. The fourth-order valence-corrected chi connectivity index (χ4v) is 1.88. The second-order valence-corrected chi connectivity index (χ2v) is 4.85. The van der Waals surface area contributed by atoms with E-state index in [4.69, 9.17) is 16.3 Å². The van der Waals surface area contributed by atoms with E-state index in [2.05, 4.69) is 10.5 Å². The molecule has 0 radical (unpaired) electrons. The molecule has 6 heteroatoms. The number of benzene rings is 1. The lowest BCUT2D eigenvalue weighted by atomic mass is 10.0. The quantitative estimate of drug-likeness (QED) is 0.499. The summed E-state index contributed by atoms with van der Waals surface area (Å²) in [6.07, 6.45) is 0.560. The second-order valence-electron chi connectivity index (χ2n) is 4.41. The van der Waals surface area contributed by atoms with Crippen LogP contribution in [0.15, 0.2) is 29.4 Å². The Morgan fingerprint density at radius 3 is 2.43 bits per heavy atom. The lowest BCUT2D eigenvalue weighted by Gasteiger charge is -2.13. The highest BCUT2D eigenvalue weighted by atomic mass is 35.5. The van der Waals surface area contributed by atoms with Gasteiger partial charge in [0.05, 0.1) is 12.5 Å². The molecule has 5 nitrogen and oxygen atoms in total. The third-order valence-electron chi connectivity index (χ3n) is 2.92. The fraction of sp³-hybridized carbons (Fsp3) is 0.400. The number of hydrogen-bond acceptors (Lipinski definition) is 4. The van der Waals surface area contributed by atoms with Gasteiger partial charge in [0, 0.05) is 16.3 Å². The lowest BCUT2D eigenvalue weighted by Crippen LogP contribution is -2.27. The van der Waals surface area contributed by atoms with Gasteiger partial charge in [0.25, 0.3) is 5.91 Å². The van der Waals surface area contributed by atoms with Crippen molar-refractivity contribution >= 4 is 29.2 Å². The normalized spacial score (nSPS) is 12.7. The minimum Gasteiger partial charge on any atom is -0.465 e. The standard InChI is InChI=1S/C15H19ClN2O3/c1-4-13(15(20)21-5-2)10(3)17-18-14(19)11-6-8-12(16)9-7-11/h6-9,13H,4-5H2,1-3H3,(H,18,19)/b17-10+/t13-/m0/s1. The molecule has 1 amide bonds. The predicted molar refractivity (Wildman–Crippen MR) is 82.4 cm³/mol. The van der Waals surface area contributed by atoms with Crippen LogP contribution in [0.3, 0.4) is 0 Å².